The van der Waals surface area contributed by atoms with Crippen LogP contribution in [0.1, 0.15) is 36.6 Å². The van der Waals surface area contributed by atoms with Crippen molar-refractivity contribution in [3.8, 4) is 0 Å². The highest BCUT2D eigenvalue weighted by atomic mass is 16.4. The van der Waals surface area contributed by atoms with Crippen molar-refractivity contribution >= 4 is 5.91 Å². The van der Waals surface area contributed by atoms with Gasteiger partial charge < -0.3 is 20.6 Å². The van der Waals surface area contributed by atoms with Gasteiger partial charge in [-0.15, -0.1) is 0 Å². The first-order chi connectivity index (χ1) is 8.06. The molecule has 0 bridgehead atoms. The van der Waals surface area contributed by atoms with Crippen LogP contribution < -0.4 is 11.1 Å². The molecule has 4 N–H and O–H groups in total. The molecule has 96 valence electrons. The molecule has 1 unspecified atom stereocenters. The van der Waals surface area contributed by atoms with Gasteiger partial charge in [-0.25, -0.2) is 0 Å². The first-order valence-corrected chi connectivity index (χ1v) is 5.77. The number of aliphatic hydroxyl groups is 1. The maximum atomic E-state index is 11.8. The summed E-state index contributed by atoms with van der Waals surface area (Å²) in [4.78, 5) is 11.8. The van der Waals surface area contributed by atoms with Crippen LogP contribution in [0.5, 0.6) is 0 Å². The Bertz CT molecular complexity index is 360. The quantitative estimate of drug-likeness (QED) is 0.688. The molecular formula is C12H20N2O3. The molecule has 1 rings (SSSR count). The standard InChI is InChI=1S/C12H20N2O3/c1-8(2)5-9(7-15)14-12(16)11-4-3-10(6-13)17-11/h3-4,8-9,15H,5-7,13H2,1-2H3,(H,14,16). The van der Waals surface area contributed by atoms with Gasteiger partial charge >= 0.3 is 0 Å². The molecular weight excluding hydrogens is 220 g/mol. The van der Waals surface area contributed by atoms with Gasteiger partial charge in [0, 0.05) is 0 Å². The van der Waals surface area contributed by atoms with Crippen LogP contribution in [0.15, 0.2) is 16.5 Å². The fraction of sp³-hybridized carbons (Fsp3) is 0.583. The molecule has 0 aliphatic rings. The van der Waals surface area contributed by atoms with Crippen LogP contribution in [0.4, 0.5) is 0 Å². The Labute approximate surface area is 101 Å². The average molecular weight is 240 g/mol. The summed E-state index contributed by atoms with van der Waals surface area (Å²) in [6, 6.07) is 3.01. The van der Waals surface area contributed by atoms with Gasteiger partial charge in [-0.05, 0) is 24.5 Å². The summed E-state index contributed by atoms with van der Waals surface area (Å²) in [5.74, 6) is 0.889. The minimum absolute atomic E-state index is 0.0750. The Morgan fingerprint density at radius 3 is 2.71 bits per heavy atom. The molecule has 0 aromatic carbocycles. The van der Waals surface area contributed by atoms with Gasteiger partial charge in [0.25, 0.3) is 5.91 Å². The van der Waals surface area contributed by atoms with E-state index < -0.39 is 0 Å². The Balaban J connectivity index is 2.57. The minimum atomic E-state index is -0.315. The Morgan fingerprint density at radius 2 is 2.24 bits per heavy atom. The summed E-state index contributed by atoms with van der Waals surface area (Å²) in [5, 5.41) is 11.9. The van der Waals surface area contributed by atoms with E-state index in [4.69, 9.17) is 15.3 Å². The number of rotatable bonds is 6. The summed E-state index contributed by atoms with van der Waals surface area (Å²) in [6.07, 6.45) is 0.729. The van der Waals surface area contributed by atoms with Crippen LogP contribution in [0.25, 0.3) is 0 Å². The molecule has 5 heteroatoms. The van der Waals surface area contributed by atoms with Gasteiger partial charge in [0.1, 0.15) is 5.76 Å². The number of amides is 1. The number of carbonyl (C=O) groups is 1. The highest BCUT2D eigenvalue weighted by Gasteiger charge is 2.16. The van der Waals surface area contributed by atoms with Gasteiger partial charge in [0.05, 0.1) is 19.2 Å². The topological polar surface area (TPSA) is 88.5 Å². The van der Waals surface area contributed by atoms with Gasteiger partial charge in [-0.3, -0.25) is 4.79 Å². The molecule has 5 nitrogen and oxygen atoms in total. The first-order valence-electron chi connectivity index (χ1n) is 5.77. The lowest BCUT2D eigenvalue weighted by atomic mass is 10.0. The second-order valence-electron chi connectivity index (χ2n) is 4.45. The molecule has 0 aliphatic carbocycles. The molecule has 0 radical (unpaired) electrons. The maximum absolute atomic E-state index is 11.8. The highest BCUT2D eigenvalue weighted by molar-refractivity contribution is 5.91. The lowest BCUT2D eigenvalue weighted by Crippen LogP contribution is -2.38. The van der Waals surface area contributed by atoms with Crippen molar-refractivity contribution in [3.05, 3.63) is 23.7 Å². The van der Waals surface area contributed by atoms with Crippen LogP contribution in [-0.4, -0.2) is 23.7 Å². The first kappa shape index (κ1) is 13.7. The minimum Gasteiger partial charge on any atom is -0.455 e. The largest absolute Gasteiger partial charge is 0.455 e. The predicted molar refractivity (Wildman–Crippen MR) is 64.4 cm³/mol. The average Bonchev–Trinajstić information content (AvgIpc) is 2.75. The molecule has 1 aromatic rings. The summed E-state index contributed by atoms with van der Waals surface area (Å²) >= 11 is 0. The molecule has 1 amide bonds. The molecule has 0 saturated heterocycles. The molecule has 1 atom stereocenters. The number of nitrogens with one attached hydrogen (secondary N) is 1. The van der Waals surface area contributed by atoms with Gasteiger partial charge in [-0.1, -0.05) is 13.8 Å². The zero-order chi connectivity index (χ0) is 12.8. The zero-order valence-corrected chi connectivity index (χ0v) is 10.3. The van der Waals surface area contributed by atoms with E-state index in [1.807, 2.05) is 13.8 Å². The summed E-state index contributed by atoms with van der Waals surface area (Å²) < 4.78 is 5.23. The van der Waals surface area contributed by atoms with E-state index in [1.54, 1.807) is 12.1 Å². The van der Waals surface area contributed by atoms with E-state index in [1.165, 1.54) is 0 Å². The van der Waals surface area contributed by atoms with Crippen LogP contribution in [0.3, 0.4) is 0 Å². The van der Waals surface area contributed by atoms with Gasteiger partial charge in [-0.2, -0.15) is 0 Å². The molecule has 0 aliphatic heterocycles. The Hall–Kier alpha value is -1.33. The number of furan rings is 1. The third-order valence-electron chi connectivity index (χ3n) is 2.40. The second kappa shape index (κ2) is 6.42. The monoisotopic (exact) mass is 240 g/mol. The van der Waals surface area contributed by atoms with E-state index in [0.717, 1.165) is 6.42 Å². The predicted octanol–water partition coefficient (Wildman–Crippen LogP) is 0.875. The van der Waals surface area contributed by atoms with E-state index in [0.29, 0.717) is 11.7 Å². The summed E-state index contributed by atoms with van der Waals surface area (Å²) in [6.45, 7) is 4.26. The Kier molecular flexibility index (Phi) is 5.18. The third kappa shape index (κ3) is 4.20. The van der Waals surface area contributed by atoms with E-state index in [-0.39, 0.29) is 30.9 Å². The van der Waals surface area contributed by atoms with Crippen molar-refractivity contribution in [2.75, 3.05) is 6.61 Å². The van der Waals surface area contributed by atoms with Crippen LogP contribution >= 0.6 is 0 Å². The molecule has 0 spiro atoms. The fourth-order valence-electron chi connectivity index (χ4n) is 1.61. The number of hydrogen-bond acceptors (Lipinski definition) is 4. The van der Waals surface area contributed by atoms with Gasteiger partial charge in [0.15, 0.2) is 5.76 Å². The van der Waals surface area contributed by atoms with E-state index in [9.17, 15) is 4.79 Å². The van der Waals surface area contributed by atoms with Crippen LogP contribution in [-0.2, 0) is 6.54 Å². The molecule has 0 saturated carbocycles. The lowest BCUT2D eigenvalue weighted by Gasteiger charge is -2.17. The van der Waals surface area contributed by atoms with Crippen LogP contribution in [0.2, 0.25) is 0 Å². The molecule has 1 aromatic heterocycles. The van der Waals surface area contributed by atoms with Crippen molar-refractivity contribution in [1.29, 1.82) is 0 Å². The normalized spacial score (nSPS) is 12.8. The maximum Gasteiger partial charge on any atom is 0.287 e. The number of nitrogens with two attached hydrogens (primary N) is 1. The van der Waals surface area contributed by atoms with Crippen molar-refractivity contribution in [2.24, 2.45) is 11.7 Å². The van der Waals surface area contributed by atoms with E-state index in [2.05, 4.69) is 5.32 Å². The number of carbonyl (C=O) groups excluding carboxylic acids is 1. The highest BCUT2D eigenvalue weighted by Crippen LogP contribution is 2.09. The van der Waals surface area contributed by atoms with Crippen molar-refractivity contribution in [3.63, 3.8) is 0 Å². The van der Waals surface area contributed by atoms with Crippen molar-refractivity contribution < 1.29 is 14.3 Å². The third-order valence-corrected chi connectivity index (χ3v) is 2.40. The molecule has 1 heterocycles. The zero-order valence-electron chi connectivity index (χ0n) is 10.3. The summed E-state index contributed by atoms with van der Waals surface area (Å²) in [5.41, 5.74) is 5.39. The number of hydrogen-bond donors (Lipinski definition) is 3. The van der Waals surface area contributed by atoms with Crippen molar-refractivity contribution in [1.82, 2.24) is 5.32 Å². The van der Waals surface area contributed by atoms with E-state index >= 15 is 0 Å². The lowest BCUT2D eigenvalue weighted by molar-refractivity contribution is 0.0878. The second-order valence-corrected chi connectivity index (χ2v) is 4.45. The van der Waals surface area contributed by atoms with Gasteiger partial charge in [0.2, 0.25) is 0 Å². The molecule has 17 heavy (non-hydrogen) atoms. The van der Waals surface area contributed by atoms with Crippen molar-refractivity contribution in [2.45, 2.75) is 32.9 Å². The Morgan fingerprint density at radius 1 is 1.53 bits per heavy atom. The summed E-state index contributed by atoms with van der Waals surface area (Å²) in [7, 11) is 0. The smallest absolute Gasteiger partial charge is 0.287 e. The molecule has 0 fully saturated rings. The number of aliphatic hydroxyl groups excluding tert-OH is 1. The van der Waals surface area contributed by atoms with Crippen LogP contribution in [0, 0.1) is 5.92 Å². The SMILES string of the molecule is CC(C)CC(CO)NC(=O)c1ccc(CN)o1. The fourth-order valence-corrected chi connectivity index (χ4v) is 1.61.